The molecule has 0 heterocycles. The Bertz CT molecular complexity index is 884. The molecule has 1 saturated carbocycles. The third kappa shape index (κ3) is 3.20. The van der Waals surface area contributed by atoms with Gasteiger partial charge in [0.25, 0.3) is 0 Å². The second kappa shape index (κ2) is 7.56. The number of ether oxygens (including phenoxy) is 1. The minimum Gasteiger partial charge on any atom is -0.456 e. The molecule has 1 fully saturated rings. The first kappa shape index (κ1) is 21.2. The largest absolute Gasteiger partial charge is 0.456 e. The van der Waals surface area contributed by atoms with Gasteiger partial charge in [0, 0.05) is 11.3 Å². The number of Topliss-reactive ketones (excluding diaryl/α,β-unsaturated/α-hetero) is 1. The van der Waals surface area contributed by atoms with Crippen molar-refractivity contribution < 1.29 is 28.6 Å². The van der Waals surface area contributed by atoms with E-state index in [0.717, 1.165) is 38.5 Å². The van der Waals surface area contributed by atoms with Crippen LogP contribution in [-0.2, 0) is 19.1 Å². The van der Waals surface area contributed by atoms with Crippen LogP contribution in [0.1, 0.15) is 52.4 Å². The number of halogens is 1. The van der Waals surface area contributed by atoms with Gasteiger partial charge in [0.05, 0.1) is 0 Å². The number of esters is 1. The van der Waals surface area contributed by atoms with Crippen molar-refractivity contribution in [1.82, 2.24) is 0 Å². The minimum atomic E-state index is -1.83. The monoisotopic (exact) mass is 416 g/mol. The van der Waals surface area contributed by atoms with Crippen molar-refractivity contribution in [2.75, 3.05) is 13.3 Å². The van der Waals surface area contributed by atoms with E-state index in [1.54, 1.807) is 12.2 Å². The van der Waals surface area contributed by atoms with Crippen LogP contribution in [0.4, 0.5) is 4.39 Å². The first-order valence-corrected chi connectivity index (χ1v) is 10.8. The maximum Gasteiger partial charge on any atom is 0.338 e. The third-order valence-electron chi connectivity index (χ3n) is 8.08. The van der Waals surface area contributed by atoms with Gasteiger partial charge in [-0.15, -0.1) is 0 Å². The number of hydrogen-bond acceptors (Lipinski definition) is 5. The molecular weight excluding hydrogens is 387 g/mol. The fraction of sp³-hybridized carbons (Fsp3) is 0.625. The summed E-state index contributed by atoms with van der Waals surface area (Å²) in [6, 6.07) is 0. The lowest BCUT2D eigenvalue weighted by molar-refractivity contribution is -0.158. The van der Waals surface area contributed by atoms with Crippen LogP contribution in [0.5, 0.6) is 0 Å². The van der Waals surface area contributed by atoms with E-state index in [9.17, 15) is 23.9 Å². The third-order valence-corrected chi connectivity index (χ3v) is 8.08. The summed E-state index contributed by atoms with van der Waals surface area (Å²) in [6.45, 7) is 2.74. The van der Waals surface area contributed by atoms with Crippen LogP contribution >= 0.6 is 0 Å². The molecule has 0 aromatic carbocycles. The molecule has 0 bridgehead atoms. The van der Waals surface area contributed by atoms with Gasteiger partial charge in [0.15, 0.2) is 17.7 Å². The molecule has 1 N–H and O–H groups in total. The van der Waals surface area contributed by atoms with Gasteiger partial charge in [-0.1, -0.05) is 29.7 Å². The van der Waals surface area contributed by atoms with Gasteiger partial charge in [-0.25, -0.2) is 9.18 Å². The Kier molecular flexibility index (Phi) is 5.33. The standard InChI is InChI=1S/C24H29FO5/c1-23-9-7-15(26)11-14(23)3-4-16-17-5-6-19(24(17,2)10-8-18(16)23)21(28)13-30-22(29)20(27)12-25/h7,9,11,17,19-20,27H,3-6,8,10,12-13H2,1-2H3/t17-,19+,20?,23-,24-/m0/s1. The van der Waals surface area contributed by atoms with E-state index < -0.39 is 25.4 Å². The number of alkyl halides is 1. The van der Waals surface area contributed by atoms with Crippen LogP contribution in [0.15, 0.2) is 34.9 Å². The predicted molar refractivity (Wildman–Crippen MR) is 108 cm³/mol. The van der Waals surface area contributed by atoms with Crippen LogP contribution in [0.2, 0.25) is 0 Å². The average Bonchev–Trinajstić information content (AvgIpc) is 3.09. The molecule has 4 rings (SSSR count). The molecule has 30 heavy (non-hydrogen) atoms. The fourth-order valence-electron chi connectivity index (χ4n) is 6.39. The maximum atomic E-state index is 12.9. The number of carbonyl (C=O) groups is 3. The number of rotatable bonds is 5. The molecule has 0 amide bonds. The van der Waals surface area contributed by atoms with Crippen molar-refractivity contribution in [3.63, 3.8) is 0 Å². The van der Waals surface area contributed by atoms with Crippen molar-refractivity contribution in [3.05, 3.63) is 34.9 Å². The highest BCUT2D eigenvalue weighted by Gasteiger charge is 2.55. The van der Waals surface area contributed by atoms with Crippen LogP contribution in [-0.4, -0.2) is 42.0 Å². The van der Waals surface area contributed by atoms with Crippen molar-refractivity contribution in [2.45, 2.75) is 58.5 Å². The number of carbonyl (C=O) groups excluding carboxylic acids is 3. The van der Waals surface area contributed by atoms with Gasteiger partial charge in [-0.3, -0.25) is 9.59 Å². The Morgan fingerprint density at radius 2 is 2.03 bits per heavy atom. The lowest BCUT2D eigenvalue weighted by Crippen LogP contribution is -2.42. The maximum absolute atomic E-state index is 12.9. The first-order chi connectivity index (χ1) is 14.2. The fourth-order valence-corrected chi connectivity index (χ4v) is 6.39. The summed E-state index contributed by atoms with van der Waals surface area (Å²) in [6.07, 6.45) is 8.91. The Morgan fingerprint density at radius 3 is 2.77 bits per heavy atom. The van der Waals surface area contributed by atoms with Gasteiger partial charge in [0.1, 0.15) is 13.3 Å². The summed E-state index contributed by atoms with van der Waals surface area (Å²) >= 11 is 0. The molecule has 0 radical (unpaired) electrons. The molecule has 162 valence electrons. The van der Waals surface area contributed by atoms with Crippen LogP contribution in [0.3, 0.4) is 0 Å². The van der Waals surface area contributed by atoms with Crippen molar-refractivity contribution in [2.24, 2.45) is 22.7 Å². The average molecular weight is 416 g/mol. The van der Waals surface area contributed by atoms with E-state index in [-0.39, 0.29) is 28.3 Å². The van der Waals surface area contributed by atoms with Crippen LogP contribution in [0, 0.1) is 22.7 Å². The Labute approximate surface area is 176 Å². The minimum absolute atomic E-state index is 0.0612. The number of ketones is 2. The number of aliphatic hydroxyl groups is 1. The molecule has 0 spiro atoms. The second-order valence-electron chi connectivity index (χ2n) is 9.54. The molecule has 6 heteroatoms. The SMILES string of the molecule is C[C@]12C=CC(=O)C=C1CCC1=C2CC[C@]2(C)[C@@H](C(=O)COC(=O)C(O)CF)CC[C@@H]12. The Balaban J connectivity index is 1.54. The van der Waals surface area contributed by atoms with Crippen LogP contribution in [0.25, 0.3) is 0 Å². The highest BCUT2D eigenvalue weighted by atomic mass is 19.1. The molecular formula is C24H29FO5. The van der Waals surface area contributed by atoms with E-state index in [2.05, 4.69) is 19.9 Å². The molecule has 0 aliphatic heterocycles. The topological polar surface area (TPSA) is 80.7 Å². The van der Waals surface area contributed by atoms with E-state index >= 15 is 0 Å². The van der Waals surface area contributed by atoms with Gasteiger partial charge >= 0.3 is 5.97 Å². The zero-order valence-electron chi connectivity index (χ0n) is 17.6. The predicted octanol–water partition coefficient (Wildman–Crippen LogP) is 3.42. The van der Waals surface area contributed by atoms with Crippen molar-refractivity contribution in [3.8, 4) is 0 Å². The number of aliphatic hydroxyl groups excluding tert-OH is 1. The van der Waals surface area contributed by atoms with E-state index in [0.29, 0.717) is 5.92 Å². The number of fused-ring (bicyclic) bond motifs is 4. The Morgan fingerprint density at radius 1 is 1.27 bits per heavy atom. The van der Waals surface area contributed by atoms with Crippen molar-refractivity contribution in [1.29, 1.82) is 0 Å². The molecule has 4 aliphatic rings. The first-order valence-electron chi connectivity index (χ1n) is 10.8. The summed E-state index contributed by atoms with van der Waals surface area (Å²) in [5.74, 6) is -1.07. The summed E-state index contributed by atoms with van der Waals surface area (Å²) in [7, 11) is 0. The molecule has 5 atom stereocenters. The number of allylic oxidation sites excluding steroid dienone is 6. The second-order valence-corrected chi connectivity index (χ2v) is 9.54. The molecule has 4 aliphatic carbocycles. The van der Waals surface area contributed by atoms with Gasteiger partial charge < -0.3 is 9.84 Å². The quantitative estimate of drug-likeness (QED) is 0.549. The van der Waals surface area contributed by atoms with Crippen LogP contribution < -0.4 is 0 Å². The zero-order chi connectivity index (χ0) is 21.7. The normalized spacial score (nSPS) is 35.9. The number of hydrogen-bond donors (Lipinski definition) is 1. The molecule has 0 aromatic rings. The Hall–Kier alpha value is -2.08. The van der Waals surface area contributed by atoms with Gasteiger partial charge in [0.2, 0.25) is 0 Å². The van der Waals surface area contributed by atoms with Gasteiger partial charge in [-0.05, 0) is 68.9 Å². The lowest BCUT2D eigenvalue weighted by atomic mass is 9.54. The molecule has 0 saturated heterocycles. The van der Waals surface area contributed by atoms with E-state index in [1.165, 1.54) is 16.7 Å². The highest BCUT2D eigenvalue weighted by molar-refractivity contribution is 6.01. The molecule has 1 unspecified atom stereocenters. The van der Waals surface area contributed by atoms with E-state index in [1.807, 2.05) is 0 Å². The van der Waals surface area contributed by atoms with Gasteiger partial charge in [-0.2, -0.15) is 0 Å². The summed E-state index contributed by atoms with van der Waals surface area (Å²) < 4.78 is 17.3. The summed E-state index contributed by atoms with van der Waals surface area (Å²) in [5, 5.41) is 9.21. The lowest BCUT2D eigenvalue weighted by Gasteiger charge is -2.49. The summed E-state index contributed by atoms with van der Waals surface area (Å²) in [5.41, 5.74) is 3.68. The zero-order valence-corrected chi connectivity index (χ0v) is 17.6. The molecule has 0 aromatic heterocycles. The van der Waals surface area contributed by atoms with Crippen molar-refractivity contribution >= 4 is 17.5 Å². The summed E-state index contributed by atoms with van der Waals surface area (Å²) in [4.78, 5) is 36.3. The highest BCUT2D eigenvalue weighted by Crippen LogP contribution is 2.63. The molecule has 5 nitrogen and oxygen atoms in total. The smallest absolute Gasteiger partial charge is 0.338 e. The van der Waals surface area contributed by atoms with E-state index in [4.69, 9.17) is 4.74 Å².